The zero-order valence-electron chi connectivity index (χ0n) is 11.1. The van der Waals surface area contributed by atoms with Crippen molar-refractivity contribution in [1.82, 2.24) is 0 Å². The van der Waals surface area contributed by atoms with Crippen LogP contribution in [0.2, 0.25) is 0 Å². The van der Waals surface area contributed by atoms with E-state index in [0.29, 0.717) is 12.3 Å². The lowest BCUT2D eigenvalue weighted by molar-refractivity contribution is -0.119. The van der Waals surface area contributed by atoms with E-state index in [0.717, 1.165) is 18.5 Å². The number of rotatable bonds is 4. The van der Waals surface area contributed by atoms with Crippen molar-refractivity contribution in [2.24, 2.45) is 5.92 Å². The molecular weight excluding hydrogens is 242 g/mol. The second-order valence-corrected chi connectivity index (χ2v) is 5.16. The number of carbonyl (C=O) groups excluding carboxylic acids is 1. The Kier molecular flexibility index (Phi) is 4.20. The molecule has 0 radical (unpaired) electrons. The van der Waals surface area contributed by atoms with E-state index in [1.807, 2.05) is 0 Å². The SMILES string of the molecule is CN(C(=O)CC1CCCC1)c1ccc(C(=O)O)cc1. The molecule has 0 bridgehead atoms. The van der Waals surface area contributed by atoms with Gasteiger partial charge in [-0.2, -0.15) is 0 Å². The van der Waals surface area contributed by atoms with E-state index in [4.69, 9.17) is 5.11 Å². The molecule has 1 saturated carbocycles. The molecule has 102 valence electrons. The normalized spacial score (nSPS) is 15.4. The van der Waals surface area contributed by atoms with Crippen LogP contribution in [-0.2, 0) is 4.79 Å². The summed E-state index contributed by atoms with van der Waals surface area (Å²) in [6, 6.07) is 6.40. The average molecular weight is 261 g/mol. The highest BCUT2D eigenvalue weighted by atomic mass is 16.4. The minimum absolute atomic E-state index is 0.106. The molecule has 4 heteroatoms. The Bertz CT molecular complexity index is 461. The molecule has 1 aromatic carbocycles. The van der Waals surface area contributed by atoms with E-state index in [1.165, 1.54) is 25.0 Å². The standard InChI is InChI=1S/C15H19NO3/c1-16(14(17)10-11-4-2-3-5-11)13-8-6-12(7-9-13)15(18)19/h6-9,11H,2-5,10H2,1H3,(H,18,19). The number of carboxylic acids is 1. The maximum Gasteiger partial charge on any atom is 0.335 e. The quantitative estimate of drug-likeness (QED) is 0.906. The van der Waals surface area contributed by atoms with E-state index < -0.39 is 5.97 Å². The lowest BCUT2D eigenvalue weighted by Gasteiger charge is -2.19. The molecule has 1 amide bonds. The van der Waals surface area contributed by atoms with Gasteiger partial charge in [-0.1, -0.05) is 12.8 Å². The first-order valence-corrected chi connectivity index (χ1v) is 6.68. The Hall–Kier alpha value is -1.84. The smallest absolute Gasteiger partial charge is 0.335 e. The van der Waals surface area contributed by atoms with Gasteiger partial charge in [-0.15, -0.1) is 0 Å². The molecule has 0 spiro atoms. The molecule has 1 fully saturated rings. The summed E-state index contributed by atoms with van der Waals surface area (Å²) in [5.74, 6) is -0.324. The Morgan fingerprint density at radius 3 is 2.32 bits per heavy atom. The molecule has 0 aliphatic heterocycles. The van der Waals surface area contributed by atoms with Crippen molar-refractivity contribution in [2.75, 3.05) is 11.9 Å². The van der Waals surface area contributed by atoms with Crippen LogP contribution in [0.25, 0.3) is 0 Å². The largest absolute Gasteiger partial charge is 0.478 e. The zero-order chi connectivity index (χ0) is 13.8. The number of hydrogen-bond donors (Lipinski definition) is 1. The molecule has 2 rings (SSSR count). The predicted octanol–water partition coefficient (Wildman–Crippen LogP) is 2.93. The van der Waals surface area contributed by atoms with Gasteiger partial charge < -0.3 is 10.0 Å². The van der Waals surface area contributed by atoms with Crippen LogP contribution in [0.15, 0.2) is 24.3 Å². The summed E-state index contributed by atoms with van der Waals surface area (Å²) < 4.78 is 0. The lowest BCUT2D eigenvalue weighted by Crippen LogP contribution is -2.27. The van der Waals surface area contributed by atoms with Crippen molar-refractivity contribution in [3.05, 3.63) is 29.8 Å². The number of carbonyl (C=O) groups is 2. The summed E-state index contributed by atoms with van der Waals surface area (Å²) in [6.07, 6.45) is 5.36. The van der Waals surface area contributed by atoms with Crippen LogP contribution in [0.4, 0.5) is 5.69 Å². The maximum absolute atomic E-state index is 12.1. The number of hydrogen-bond acceptors (Lipinski definition) is 2. The van der Waals surface area contributed by atoms with Gasteiger partial charge >= 0.3 is 5.97 Å². The maximum atomic E-state index is 12.1. The highest BCUT2D eigenvalue weighted by molar-refractivity contribution is 5.94. The Labute approximate surface area is 113 Å². The van der Waals surface area contributed by atoms with E-state index >= 15 is 0 Å². The molecule has 19 heavy (non-hydrogen) atoms. The molecule has 1 aromatic rings. The van der Waals surface area contributed by atoms with E-state index in [9.17, 15) is 9.59 Å². The van der Waals surface area contributed by atoms with Crippen molar-refractivity contribution >= 4 is 17.6 Å². The Balaban J connectivity index is 1.99. The van der Waals surface area contributed by atoms with Crippen molar-refractivity contribution in [3.8, 4) is 0 Å². The predicted molar refractivity (Wildman–Crippen MR) is 73.4 cm³/mol. The summed E-state index contributed by atoms with van der Waals surface area (Å²) in [6.45, 7) is 0. The van der Waals surface area contributed by atoms with Gasteiger partial charge in [0, 0.05) is 19.2 Å². The van der Waals surface area contributed by atoms with Gasteiger partial charge in [-0.3, -0.25) is 4.79 Å². The number of aromatic carboxylic acids is 1. The molecule has 0 atom stereocenters. The molecule has 0 heterocycles. The highest BCUT2D eigenvalue weighted by Crippen LogP contribution is 2.28. The highest BCUT2D eigenvalue weighted by Gasteiger charge is 2.21. The van der Waals surface area contributed by atoms with Crippen LogP contribution in [0, 0.1) is 5.92 Å². The minimum Gasteiger partial charge on any atom is -0.478 e. The van der Waals surface area contributed by atoms with Crippen LogP contribution < -0.4 is 4.90 Å². The molecule has 1 aliphatic carbocycles. The van der Waals surface area contributed by atoms with Crippen LogP contribution in [0.3, 0.4) is 0 Å². The van der Waals surface area contributed by atoms with Crippen molar-refractivity contribution < 1.29 is 14.7 Å². The second kappa shape index (κ2) is 5.87. The molecule has 1 N–H and O–H groups in total. The van der Waals surface area contributed by atoms with Crippen LogP contribution in [0.1, 0.15) is 42.5 Å². The van der Waals surface area contributed by atoms with Gasteiger partial charge in [0.1, 0.15) is 0 Å². The lowest BCUT2D eigenvalue weighted by atomic mass is 10.0. The van der Waals surface area contributed by atoms with Crippen LogP contribution in [-0.4, -0.2) is 24.0 Å². The van der Waals surface area contributed by atoms with Crippen LogP contribution >= 0.6 is 0 Å². The van der Waals surface area contributed by atoms with Gasteiger partial charge in [-0.25, -0.2) is 4.79 Å². The van der Waals surface area contributed by atoms with Gasteiger partial charge in [-0.05, 0) is 43.0 Å². The second-order valence-electron chi connectivity index (χ2n) is 5.16. The number of anilines is 1. The molecule has 0 unspecified atom stereocenters. The minimum atomic E-state index is -0.952. The fourth-order valence-electron chi connectivity index (χ4n) is 2.57. The molecule has 1 aliphatic rings. The zero-order valence-corrected chi connectivity index (χ0v) is 11.1. The number of nitrogens with zero attached hydrogens (tertiary/aromatic N) is 1. The first-order chi connectivity index (χ1) is 9.08. The fraction of sp³-hybridized carbons (Fsp3) is 0.467. The summed E-state index contributed by atoms with van der Waals surface area (Å²) in [4.78, 5) is 24.5. The van der Waals surface area contributed by atoms with Crippen LogP contribution in [0.5, 0.6) is 0 Å². The van der Waals surface area contributed by atoms with Crippen molar-refractivity contribution in [1.29, 1.82) is 0 Å². The number of amides is 1. The van der Waals surface area contributed by atoms with E-state index in [2.05, 4.69) is 0 Å². The summed E-state index contributed by atoms with van der Waals surface area (Å²) >= 11 is 0. The van der Waals surface area contributed by atoms with E-state index in [1.54, 1.807) is 24.1 Å². The Morgan fingerprint density at radius 2 is 1.79 bits per heavy atom. The molecular formula is C15H19NO3. The van der Waals surface area contributed by atoms with Crippen molar-refractivity contribution in [3.63, 3.8) is 0 Å². The third-order valence-corrected chi connectivity index (χ3v) is 3.81. The Morgan fingerprint density at radius 1 is 1.21 bits per heavy atom. The van der Waals surface area contributed by atoms with Gasteiger partial charge in [0.15, 0.2) is 0 Å². The summed E-state index contributed by atoms with van der Waals surface area (Å²) in [5.41, 5.74) is 0.980. The number of carboxylic acid groups (broad SMARTS) is 1. The summed E-state index contributed by atoms with van der Waals surface area (Å²) in [5, 5.41) is 8.83. The summed E-state index contributed by atoms with van der Waals surface area (Å²) in [7, 11) is 1.74. The number of benzene rings is 1. The molecule has 0 aromatic heterocycles. The first-order valence-electron chi connectivity index (χ1n) is 6.68. The monoisotopic (exact) mass is 261 g/mol. The van der Waals surface area contributed by atoms with Gasteiger partial charge in [0.05, 0.1) is 5.56 Å². The average Bonchev–Trinajstić information content (AvgIpc) is 2.90. The van der Waals surface area contributed by atoms with Gasteiger partial charge in [0.2, 0.25) is 5.91 Å². The van der Waals surface area contributed by atoms with E-state index in [-0.39, 0.29) is 11.5 Å². The third-order valence-electron chi connectivity index (χ3n) is 3.81. The van der Waals surface area contributed by atoms with Crippen molar-refractivity contribution in [2.45, 2.75) is 32.1 Å². The first kappa shape index (κ1) is 13.6. The third kappa shape index (κ3) is 3.34. The topological polar surface area (TPSA) is 57.6 Å². The molecule has 0 saturated heterocycles. The fourth-order valence-corrected chi connectivity index (χ4v) is 2.57. The molecule has 4 nitrogen and oxygen atoms in total. The van der Waals surface area contributed by atoms with Gasteiger partial charge in [0.25, 0.3) is 0 Å².